The van der Waals surface area contributed by atoms with Gasteiger partial charge in [0.2, 0.25) is 0 Å². The lowest BCUT2D eigenvalue weighted by Crippen LogP contribution is -2.25. The summed E-state index contributed by atoms with van der Waals surface area (Å²) >= 11 is 11.9. The number of aryl methyl sites for hydroxylation is 1. The van der Waals surface area contributed by atoms with Crippen molar-refractivity contribution >= 4 is 23.2 Å². The van der Waals surface area contributed by atoms with Gasteiger partial charge in [0.05, 0.1) is 0 Å². The van der Waals surface area contributed by atoms with Crippen LogP contribution in [-0.4, -0.2) is 12.6 Å². The zero-order valence-corrected chi connectivity index (χ0v) is 10.7. The molecule has 15 heavy (non-hydrogen) atoms. The molecule has 1 atom stereocenters. The van der Waals surface area contributed by atoms with Crippen LogP contribution in [0.3, 0.4) is 0 Å². The molecule has 0 heterocycles. The molecule has 0 fully saturated rings. The van der Waals surface area contributed by atoms with Crippen LogP contribution in [0.25, 0.3) is 0 Å². The third-order valence-corrected chi connectivity index (χ3v) is 3.00. The second-order valence-corrected chi connectivity index (χ2v) is 4.58. The predicted octanol–water partition coefficient (Wildman–Crippen LogP) is 3.92. The van der Waals surface area contributed by atoms with E-state index >= 15 is 0 Å². The number of nitrogens with one attached hydrogen (secondary N) is 1. The largest absolute Gasteiger partial charge is 0.315 e. The quantitative estimate of drug-likeness (QED) is 0.830. The molecule has 0 bridgehead atoms. The van der Waals surface area contributed by atoms with Gasteiger partial charge in [0.15, 0.2) is 0 Å². The normalized spacial score (nSPS) is 12.8. The molecule has 0 aliphatic rings. The molecule has 0 aromatic heterocycles. The van der Waals surface area contributed by atoms with Crippen LogP contribution in [0.4, 0.5) is 0 Å². The van der Waals surface area contributed by atoms with E-state index < -0.39 is 0 Å². The van der Waals surface area contributed by atoms with Crippen molar-refractivity contribution in [2.75, 3.05) is 6.54 Å². The Labute approximate surface area is 102 Å². The van der Waals surface area contributed by atoms with Gasteiger partial charge in [-0.2, -0.15) is 0 Å². The highest BCUT2D eigenvalue weighted by atomic mass is 35.5. The van der Waals surface area contributed by atoms with E-state index in [2.05, 4.69) is 19.2 Å². The van der Waals surface area contributed by atoms with Crippen LogP contribution < -0.4 is 5.32 Å². The van der Waals surface area contributed by atoms with Crippen molar-refractivity contribution in [3.05, 3.63) is 33.8 Å². The number of benzene rings is 1. The Hall–Kier alpha value is -0.240. The van der Waals surface area contributed by atoms with E-state index in [1.807, 2.05) is 12.1 Å². The van der Waals surface area contributed by atoms with E-state index in [0.29, 0.717) is 11.1 Å². The average molecular weight is 246 g/mol. The number of rotatable bonds is 5. The molecule has 0 saturated carbocycles. The summed E-state index contributed by atoms with van der Waals surface area (Å²) in [6.07, 6.45) is 2.08. The van der Waals surface area contributed by atoms with Crippen molar-refractivity contribution in [1.29, 1.82) is 0 Å². The molecule has 1 unspecified atom stereocenters. The van der Waals surface area contributed by atoms with Crippen LogP contribution in [0.5, 0.6) is 0 Å². The standard InChI is InChI=1S/C12H17Cl2N/c1-3-15-9(2)4-5-10-6-7-11(13)8-12(10)14/h6-9,15H,3-5H2,1-2H3. The van der Waals surface area contributed by atoms with Crippen LogP contribution in [0, 0.1) is 0 Å². The van der Waals surface area contributed by atoms with Gasteiger partial charge >= 0.3 is 0 Å². The topological polar surface area (TPSA) is 12.0 Å². The van der Waals surface area contributed by atoms with Gasteiger partial charge in [-0.05, 0) is 44.0 Å². The van der Waals surface area contributed by atoms with Crippen LogP contribution in [-0.2, 0) is 6.42 Å². The molecular formula is C12H17Cl2N. The molecular weight excluding hydrogens is 229 g/mol. The second kappa shape index (κ2) is 6.37. The van der Waals surface area contributed by atoms with Crippen LogP contribution in [0.1, 0.15) is 25.8 Å². The molecule has 1 N–H and O–H groups in total. The van der Waals surface area contributed by atoms with Gasteiger partial charge in [-0.25, -0.2) is 0 Å². The van der Waals surface area contributed by atoms with Gasteiger partial charge < -0.3 is 5.32 Å². The lowest BCUT2D eigenvalue weighted by atomic mass is 10.1. The fourth-order valence-electron chi connectivity index (χ4n) is 1.55. The Morgan fingerprint density at radius 2 is 2.07 bits per heavy atom. The van der Waals surface area contributed by atoms with Gasteiger partial charge in [-0.15, -0.1) is 0 Å². The molecule has 0 amide bonds. The first kappa shape index (κ1) is 12.8. The van der Waals surface area contributed by atoms with Crippen LogP contribution in [0.15, 0.2) is 18.2 Å². The van der Waals surface area contributed by atoms with Crippen molar-refractivity contribution in [1.82, 2.24) is 5.32 Å². The Kier molecular flexibility index (Phi) is 5.44. The van der Waals surface area contributed by atoms with Crippen LogP contribution in [0.2, 0.25) is 10.0 Å². The zero-order chi connectivity index (χ0) is 11.3. The van der Waals surface area contributed by atoms with E-state index in [0.717, 1.165) is 24.4 Å². The van der Waals surface area contributed by atoms with Gasteiger partial charge in [0.1, 0.15) is 0 Å². The number of hydrogen-bond donors (Lipinski definition) is 1. The van der Waals surface area contributed by atoms with Gasteiger partial charge in [-0.3, -0.25) is 0 Å². The van der Waals surface area contributed by atoms with E-state index in [-0.39, 0.29) is 0 Å². The second-order valence-electron chi connectivity index (χ2n) is 3.73. The first-order valence-corrected chi connectivity index (χ1v) is 6.06. The lowest BCUT2D eigenvalue weighted by Gasteiger charge is -2.12. The fraction of sp³-hybridized carbons (Fsp3) is 0.500. The molecule has 0 radical (unpaired) electrons. The average Bonchev–Trinajstić information content (AvgIpc) is 2.17. The summed E-state index contributed by atoms with van der Waals surface area (Å²) < 4.78 is 0. The molecule has 1 aromatic carbocycles. The molecule has 0 spiro atoms. The van der Waals surface area contributed by atoms with Gasteiger partial charge in [-0.1, -0.05) is 36.2 Å². The van der Waals surface area contributed by atoms with Gasteiger partial charge in [0, 0.05) is 16.1 Å². The highest BCUT2D eigenvalue weighted by Gasteiger charge is 2.04. The third kappa shape index (κ3) is 4.42. The smallest absolute Gasteiger partial charge is 0.0452 e. The Bertz CT molecular complexity index is 312. The van der Waals surface area contributed by atoms with Gasteiger partial charge in [0.25, 0.3) is 0 Å². The molecule has 3 heteroatoms. The highest BCUT2D eigenvalue weighted by Crippen LogP contribution is 2.22. The minimum Gasteiger partial charge on any atom is -0.315 e. The van der Waals surface area contributed by atoms with E-state index in [4.69, 9.17) is 23.2 Å². The third-order valence-electron chi connectivity index (χ3n) is 2.41. The molecule has 0 aliphatic heterocycles. The minimum atomic E-state index is 0.529. The van der Waals surface area contributed by atoms with E-state index in [1.165, 1.54) is 5.56 Å². The predicted molar refractivity (Wildman–Crippen MR) is 67.9 cm³/mol. The summed E-state index contributed by atoms with van der Waals surface area (Å²) in [4.78, 5) is 0. The minimum absolute atomic E-state index is 0.529. The maximum Gasteiger partial charge on any atom is 0.0452 e. The monoisotopic (exact) mass is 245 g/mol. The molecule has 84 valence electrons. The van der Waals surface area contributed by atoms with E-state index in [9.17, 15) is 0 Å². The summed E-state index contributed by atoms with van der Waals surface area (Å²) in [5, 5.41) is 4.84. The number of halogens is 2. The van der Waals surface area contributed by atoms with Crippen molar-refractivity contribution in [3.63, 3.8) is 0 Å². The molecule has 0 saturated heterocycles. The first-order chi connectivity index (χ1) is 7.13. The molecule has 1 aromatic rings. The molecule has 1 rings (SSSR count). The van der Waals surface area contributed by atoms with E-state index in [1.54, 1.807) is 6.07 Å². The first-order valence-electron chi connectivity index (χ1n) is 5.30. The van der Waals surface area contributed by atoms with Crippen molar-refractivity contribution in [2.45, 2.75) is 32.7 Å². The summed E-state index contributed by atoms with van der Waals surface area (Å²) in [6.45, 7) is 5.31. The Morgan fingerprint density at radius 1 is 1.33 bits per heavy atom. The molecule has 0 aliphatic carbocycles. The fourth-order valence-corrected chi connectivity index (χ4v) is 2.05. The summed E-state index contributed by atoms with van der Waals surface area (Å²) in [5.41, 5.74) is 1.17. The number of hydrogen-bond acceptors (Lipinski definition) is 1. The highest BCUT2D eigenvalue weighted by molar-refractivity contribution is 6.35. The molecule has 1 nitrogen and oxygen atoms in total. The Morgan fingerprint density at radius 3 is 2.67 bits per heavy atom. The summed E-state index contributed by atoms with van der Waals surface area (Å²) in [5.74, 6) is 0. The van der Waals surface area contributed by atoms with Crippen molar-refractivity contribution in [3.8, 4) is 0 Å². The van der Waals surface area contributed by atoms with Crippen molar-refractivity contribution < 1.29 is 0 Å². The summed E-state index contributed by atoms with van der Waals surface area (Å²) in [6, 6.07) is 6.22. The Balaban J connectivity index is 2.50. The zero-order valence-electron chi connectivity index (χ0n) is 9.19. The lowest BCUT2D eigenvalue weighted by molar-refractivity contribution is 0.531. The SMILES string of the molecule is CCNC(C)CCc1ccc(Cl)cc1Cl. The van der Waals surface area contributed by atoms with Crippen molar-refractivity contribution in [2.24, 2.45) is 0 Å². The maximum atomic E-state index is 6.09. The maximum absolute atomic E-state index is 6.09. The van der Waals surface area contributed by atoms with Crippen LogP contribution >= 0.6 is 23.2 Å². The summed E-state index contributed by atoms with van der Waals surface area (Å²) in [7, 11) is 0.